The van der Waals surface area contributed by atoms with Crippen LogP contribution in [0.1, 0.15) is 11.1 Å². The molecule has 0 aliphatic rings. The van der Waals surface area contributed by atoms with Crippen molar-refractivity contribution in [1.29, 1.82) is 0 Å². The highest BCUT2D eigenvalue weighted by atomic mass is 35.5. The molecule has 0 saturated heterocycles. The molecule has 0 saturated carbocycles. The maximum absolute atomic E-state index is 9.51. The zero-order valence-electron chi connectivity index (χ0n) is 8.46. The van der Waals surface area contributed by atoms with Gasteiger partial charge in [-0.3, -0.25) is 0 Å². The summed E-state index contributed by atoms with van der Waals surface area (Å²) in [5.41, 5.74) is 2.08. The summed E-state index contributed by atoms with van der Waals surface area (Å²) >= 11 is 6.02. The third-order valence-corrected chi connectivity index (χ3v) is 2.38. The summed E-state index contributed by atoms with van der Waals surface area (Å²) < 4.78 is 4.85. The van der Waals surface area contributed by atoms with E-state index in [4.69, 9.17) is 16.3 Å². The Hall–Kier alpha value is -0.570. The number of hydrogen-bond donors (Lipinski definition) is 1. The van der Waals surface area contributed by atoms with Gasteiger partial charge in [-0.05, 0) is 24.1 Å². The lowest BCUT2D eigenvalue weighted by Gasteiger charge is -2.10. The van der Waals surface area contributed by atoms with E-state index in [1.54, 1.807) is 7.11 Å². The molecule has 0 aromatic heterocycles. The van der Waals surface area contributed by atoms with Crippen LogP contribution in [0.2, 0.25) is 5.02 Å². The van der Waals surface area contributed by atoms with Crippen molar-refractivity contribution >= 4 is 11.6 Å². The third-order valence-electron chi connectivity index (χ3n) is 2.02. The van der Waals surface area contributed by atoms with Crippen molar-refractivity contribution in [3.05, 3.63) is 34.3 Å². The van der Waals surface area contributed by atoms with Crippen LogP contribution in [0.3, 0.4) is 0 Å². The summed E-state index contributed by atoms with van der Waals surface area (Å²) in [7, 11) is 1.57. The Labute approximate surface area is 89.5 Å². The topological polar surface area (TPSA) is 29.5 Å². The Bertz CT molecular complexity index is 299. The number of aliphatic hydroxyl groups excluding tert-OH is 1. The molecule has 0 bridgehead atoms. The molecular formula is C11H15ClO2. The van der Waals surface area contributed by atoms with Gasteiger partial charge in [0.1, 0.15) is 0 Å². The molecule has 78 valence electrons. The number of aryl methyl sites for hydroxylation is 1. The average molecular weight is 215 g/mol. The largest absolute Gasteiger partial charge is 0.390 e. The molecule has 0 heterocycles. The molecule has 0 radical (unpaired) electrons. The first kappa shape index (κ1) is 11.5. The van der Waals surface area contributed by atoms with Gasteiger partial charge in [-0.25, -0.2) is 0 Å². The number of ether oxygens (including phenoxy) is 1. The molecule has 0 aliphatic carbocycles. The normalized spacial score (nSPS) is 12.9. The Morgan fingerprint density at radius 2 is 2.21 bits per heavy atom. The molecule has 1 atom stereocenters. The molecule has 1 unspecified atom stereocenters. The number of hydrogen-bond acceptors (Lipinski definition) is 2. The minimum Gasteiger partial charge on any atom is -0.390 e. The maximum Gasteiger partial charge on any atom is 0.0814 e. The van der Waals surface area contributed by atoms with Crippen molar-refractivity contribution in [1.82, 2.24) is 0 Å². The fraction of sp³-hybridized carbons (Fsp3) is 0.455. The second-order valence-corrected chi connectivity index (χ2v) is 3.82. The highest BCUT2D eigenvalue weighted by Crippen LogP contribution is 2.19. The van der Waals surface area contributed by atoms with E-state index in [1.165, 1.54) is 0 Å². The van der Waals surface area contributed by atoms with Gasteiger partial charge in [0.05, 0.1) is 12.7 Å². The van der Waals surface area contributed by atoms with Gasteiger partial charge in [0.25, 0.3) is 0 Å². The molecule has 14 heavy (non-hydrogen) atoms. The van der Waals surface area contributed by atoms with Crippen LogP contribution in [0.5, 0.6) is 0 Å². The smallest absolute Gasteiger partial charge is 0.0814 e. The number of halogens is 1. The minimum atomic E-state index is -0.486. The molecule has 1 aromatic rings. The van der Waals surface area contributed by atoms with E-state index in [9.17, 15) is 5.11 Å². The second kappa shape index (κ2) is 5.35. The van der Waals surface area contributed by atoms with Crippen molar-refractivity contribution < 1.29 is 9.84 Å². The Balaban J connectivity index is 2.67. The first-order valence-corrected chi connectivity index (χ1v) is 4.93. The summed E-state index contributed by atoms with van der Waals surface area (Å²) in [5, 5.41) is 10.2. The SMILES string of the molecule is COCC(O)Cc1ccc(C)cc1Cl. The molecule has 2 nitrogen and oxygen atoms in total. The van der Waals surface area contributed by atoms with E-state index >= 15 is 0 Å². The van der Waals surface area contributed by atoms with E-state index in [-0.39, 0.29) is 0 Å². The zero-order valence-corrected chi connectivity index (χ0v) is 9.21. The molecule has 0 spiro atoms. The van der Waals surface area contributed by atoms with Crippen LogP contribution >= 0.6 is 11.6 Å². The highest BCUT2D eigenvalue weighted by molar-refractivity contribution is 6.31. The van der Waals surface area contributed by atoms with Crippen LogP contribution in [0, 0.1) is 6.92 Å². The van der Waals surface area contributed by atoms with Gasteiger partial charge in [-0.2, -0.15) is 0 Å². The summed E-state index contributed by atoms with van der Waals surface area (Å²) in [6.07, 6.45) is 0.0488. The first-order chi connectivity index (χ1) is 6.63. The van der Waals surface area contributed by atoms with E-state index in [0.29, 0.717) is 18.1 Å². The van der Waals surface area contributed by atoms with Gasteiger partial charge in [0, 0.05) is 18.6 Å². The number of rotatable bonds is 4. The van der Waals surface area contributed by atoms with Gasteiger partial charge < -0.3 is 9.84 Å². The predicted octanol–water partition coefficient (Wildman–Crippen LogP) is 2.20. The second-order valence-electron chi connectivity index (χ2n) is 3.41. The standard InChI is InChI=1S/C11H15ClO2/c1-8-3-4-9(11(12)5-8)6-10(13)7-14-2/h3-5,10,13H,6-7H2,1-2H3. The molecular weight excluding hydrogens is 200 g/mol. The summed E-state index contributed by atoms with van der Waals surface area (Å²) in [5.74, 6) is 0. The van der Waals surface area contributed by atoms with E-state index in [1.807, 2.05) is 25.1 Å². The average Bonchev–Trinajstić information content (AvgIpc) is 2.10. The lowest BCUT2D eigenvalue weighted by Crippen LogP contribution is -2.17. The van der Waals surface area contributed by atoms with Crippen molar-refractivity contribution in [2.45, 2.75) is 19.4 Å². The summed E-state index contributed by atoms with van der Waals surface area (Å²) in [6, 6.07) is 5.83. The van der Waals surface area contributed by atoms with Crippen LogP contribution < -0.4 is 0 Å². The molecule has 0 amide bonds. The van der Waals surface area contributed by atoms with E-state index < -0.39 is 6.10 Å². The predicted molar refractivity (Wildman–Crippen MR) is 57.8 cm³/mol. The quantitative estimate of drug-likeness (QED) is 0.833. The maximum atomic E-state index is 9.51. The molecule has 0 fully saturated rings. The van der Waals surface area contributed by atoms with Gasteiger partial charge in [0.15, 0.2) is 0 Å². The van der Waals surface area contributed by atoms with E-state index in [2.05, 4.69) is 0 Å². The Kier molecular flexibility index (Phi) is 4.39. The summed E-state index contributed by atoms with van der Waals surface area (Å²) in [6.45, 7) is 2.32. The third kappa shape index (κ3) is 3.29. The molecule has 1 rings (SSSR count). The van der Waals surface area contributed by atoms with Gasteiger partial charge in [0.2, 0.25) is 0 Å². The van der Waals surface area contributed by atoms with Crippen LogP contribution in [0.15, 0.2) is 18.2 Å². The van der Waals surface area contributed by atoms with Crippen molar-refractivity contribution in [3.8, 4) is 0 Å². The monoisotopic (exact) mass is 214 g/mol. The van der Waals surface area contributed by atoms with Gasteiger partial charge in [-0.1, -0.05) is 23.7 Å². The highest BCUT2D eigenvalue weighted by Gasteiger charge is 2.07. The number of aliphatic hydroxyl groups is 1. The molecule has 0 aliphatic heterocycles. The Morgan fingerprint density at radius 1 is 1.50 bits per heavy atom. The summed E-state index contributed by atoms with van der Waals surface area (Å²) in [4.78, 5) is 0. The van der Waals surface area contributed by atoms with Crippen molar-refractivity contribution in [2.24, 2.45) is 0 Å². The Morgan fingerprint density at radius 3 is 2.79 bits per heavy atom. The lowest BCUT2D eigenvalue weighted by atomic mass is 10.1. The van der Waals surface area contributed by atoms with Crippen LogP contribution in [-0.4, -0.2) is 24.9 Å². The molecule has 3 heteroatoms. The fourth-order valence-electron chi connectivity index (χ4n) is 1.32. The van der Waals surface area contributed by atoms with Crippen LogP contribution in [0.25, 0.3) is 0 Å². The lowest BCUT2D eigenvalue weighted by molar-refractivity contribution is 0.0650. The number of methoxy groups -OCH3 is 1. The van der Waals surface area contributed by atoms with Crippen LogP contribution in [-0.2, 0) is 11.2 Å². The van der Waals surface area contributed by atoms with Crippen LogP contribution in [0.4, 0.5) is 0 Å². The van der Waals surface area contributed by atoms with Gasteiger partial charge in [-0.15, -0.1) is 0 Å². The minimum absolute atomic E-state index is 0.338. The fourth-order valence-corrected chi connectivity index (χ4v) is 1.64. The van der Waals surface area contributed by atoms with Crippen molar-refractivity contribution in [3.63, 3.8) is 0 Å². The zero-order chi connectivity index (χ0) is 10.6. The van der Waals surface area contributed by atoms with Crippen molar-refractivity contribution in [2.75, 3.05) is 13.7 Å². The van der Waals surface area contributed by atoms with E-state index in [0.717, 1.165) is 11.1 Å². The van der Waals surface area contributed by atoms with Gasteiger partial charge >= 0.3 is 0 Å². The first-order valence-electron chi connectivity index (χ1n) is 4.55. The molecule has 1 aromatic carbocycles. The molecule has 1 N–H and O–H groups in total. The number of benzene rings is 1.